The molecular formula is C22H15ClN4OS. The average Bonchev–Trinajstić information content (AvgIpc) is 3.30. The van der Waals surface area contributed by atoms with Gasteiger partial charge >= 0.3 is 0 Å². The molecular weight excluding hydrogens is 404 g/mol. The first-order valence-electron chi connectivity index (χ1n) is 9.45. The maximum atomic E-state index is 12.7. The summed E-state index contributed by atoms with van der Waals surface area (Å²) in [6.45, 7) is 0. The number of halogens is 1. The molecule has 0 radical (unpaired) electrons. The molecule has 1 saturated carbocycles. The molecule has 1 aliphatic carbocycles. The normalized spacial score (nSPS) is 17.1. The highest BCUT2D eigenvalue weighted by atomic mass is 35.5. The predicted molar refractivity (Wildman–Crippen MR) is 116 cm³/mol. The number of para-hydroxylation sites is 1. The molecule has 2 aromatic carbocycles. The number of anilines is 1. The second-order valence-electron chi connectivity index (χ2n) is 7.32. The Bertz CT molecular complexity index is 1310. The SMILES string of the molecule is O=C1Nc2ccccc2/C1=C\c1c(-c2ccc(Cl)cc2)nc2sc(C3CC3)nn12. The molecule has 0 saturated heterocycles. The number of fused-ring (bicyclic) bond motifs is 2. The van der Waals surface area contributed by atoms with E-state index >= 15 is 0 Å². The first kappa shape index (κ1) is 16.9. The van der Waals surface area contributed by atoms with Crippen LogP contribution in [0.1, 0.15) is 35.0 Å². The molecule has 29 heavy (non-hydrogen) atoms. The molecule has 7 heteroatoms. The van der Waals surface area contributed by atoms with Gasteiger partial charge in [-0.2, -0.15) is 5.10 Å². The molecule has 142 valence electrons. The number of rotatable bonds is 3. The summed E-state index contributed by atoms with van der Waals surface area (Å²) >= 11 is 7.70. The molecule has 0 unspecified atom stereocenters. The number of carbonyl (C=O) groups excluding carboxylic acids is 1. The van der Waals surface area contributed by atoms with Gasteiger partial charge in [0, 0.05) is 27.8 Å². The van der Waals surface area contributed by atoms with Crippen LogP contribution in [0, 0.1) is 0 Å². The number of hydrogen-bond acceptors (Lipinski definition) is 4. The maximum Gasteiger partial charge on any atom is 0.256 e. The average molecular weight is 419 g/mol. The topological polar surface area (TPSA) is 59.3 Å². The van der Waals surface area contributed by atoms with Gasteiger partial charge in [0.25, 0.3) is 5.91 Å². The van der Waals surface area contributed by atoms with Crippen LogP contribution in [0.25, 0.3) is 27.9 Å². The fraction of sp³-hybridized carbons (Fsp3) is 0.136. The Hall–Kier alpha value is -2.96. The van der Waals surface area contributed by atoms with Crippen molar-refractivity contribution in [3.05, 3.63) is 69.8 Å². The molecule has 1 aliphatic heterocycles. The molecule has 0 bridgehead atoms. The molecule has 2 aliphatic rings. The Kier molecular flexibility index (Phi) is 3.66. The van der Waals surface area contributed by atoms with Gasteiger partial charge in [0.2, 0.25) is 4.96 Å². The number of nitrogens with one attached hydrogen (secondary N) is 1. The van der Waals surface area contributed by atoms with E-state index in [0.29, 0.717) is 16.5 Å². The van der Waals surface area contributed by atoms with Crippen molar-refractivity contribution >= 4 is 51.1 Å². The van der Waals surface area contributed by atoms with E-state index in [4.69, 9.17) is 21.7 Å². The summed E-state index contributed by atoms with van der Waals surface area (Å²) in [5, 5.41) is 9.56. The number of nitrogens with zero attached hydrogens (tertiary/aromatic N) is 3. The number of benzene rings is 2. The largest absolute Gasteiger partial charge is 0.321 e. The van der Waals surface area contributed by atoms with Gasteiger partial charge in [0.05, 0.1) is 17.0 Å². The lowest BCUT2D eigenvalue weighted by Crippen LogP contribution is -2.04. The quantitative estimate of drug-likeness (QED) is 0.448. The van der Waals surface area contributed by atoms with E-state index in [-0.39, 0.29) is 5.91 Å². The minimum Gasteiger partial charge on any atom is -0.321 e. The Morgan fingerprint density at radius 2 is 1.93 bits per heavy atom. The third-order valence-electron chi connectivity index (χ3n) is 5.29. The molecule has 0 spiro atoms. The Balaban J connectivity index is 1.58. The van der Waals surface area contributed by atoms with Crippen LogP contribution in [-0.4, -0.2) is 20.5 Å². The van der Waals surface area contributed by atoms with Crippen molar-refractivity contribution < 1.29 is 4.79 Å². The number of imidazole rings is 1. The lowest BCUT2D eigenvalue weighted by Gasteiger charge is -2.02. The van der Waals surface area contributed by atoms with Crippen molar-refractivity contribution in [1.29, 1.82) is 0 Å². The molecule has 2 aromatic heterocycles. The zero-order valence-corrected chi connectivity index (χ0v) is 16.8. The summed E-state index contributed by atoms with van der Waals surface area (Å²) in [5.74, 6) is 0.442. The van der Waals surface area contributed by atoms with Crippen molar-refractivity contribution in [2.45, 2.75) is 18.8 Å². The van der Waals surface area contributed by atoms with Gasteiger partial charge in [0.15, 0.2) is 0 Å². The molecule has 0 atom stereocenters. The summed E-state index contributed by atoms with van der Waals surface area (Å²) in [5.41, 5.74) is 4.90. The Morgan fingerprint density at radius 1 is 1.14 bits per heavy atom. The van der Waals surface area contributed by atoms with Crippen molar-refractivity contribution in [3.8, 4) is 11.3 Å². The summed E-state index contributed by atoms with van der Waals surface area (Å²) in [6, 6.07) is 15.3. The van der Waals surface area contributed by atoms with E-state index in [0.717, 1.165) is 38.2 Å². The molecule has 3 heterocycles. The zero-order valence-electron chi connectivity index (χ0n) is 15.2. The summed E-state index contributed by atoms with van der Waals surface area (Å²) in [6.07, 6.45) is 4.28. The highest BCUT2D eigenvalue weighted by Crippen LogP contribution is 2.43. The zero-order chi connectivity index (χ0) is 19.5. The van der Waals surface area contributed by atoms with E-state index in [9.17, 15) is 4.79 Å². The fourth-order valence-electron chi connectivity index (χ4n) is 3.64. The van der Waals surface area contributed by atoms with Gasteiger partial charge in [-0.1, -0.05) is 53.3 Å². The molecule has 5 nitrogen and oxygen atoms in total. The van der Waals surface area contributed by atoms with Crippen LogP contribution in [-0.2, 0) is 4.79 Å². The van der Waals surface area contributed by atoms with Crippen LogP contribution < -0.4 is 5.32 Å². The highest BCUT2D eigenvalue weighted by Gasteiger charge is 2.30. The first-order chi connectivity index (χ1) is 14.2. The third-order valence-corrected chi connectivity index (χ3v) is 6.61. The second kappa shape index (κ2) is 6.27. The third kappa shape index (κ3) is 2.79. The minimum absolute atomic E-state index is 0.110. The van der Waals surface area contributed by atoms with Gasteiger partial charge in [0.1, 0.15) is 5.01 Å². The minimum atomic E-state index is -0.110. The number of amides is 1. The van der Waals surface area contributed by atoms with E-state index in [1.807, 2.05) is 59.1 Å². The smallest absolute Gasteiger partial charge is 0.256 e. The molecule has 6 rings (SSSR count). The predicted octanol–water partition coefficient (Wildman–Crippen LogP) is 5.48. The summed E-state index contributed by atoms with van der Waals surface area (Å²) in [7, 11) is 0. The van der Waals surface area contributed by atoms with Crippen molar-refractivity contribution in [3.63, 3.8) is 0 Å². The number of hydrogen-bond donors (Lipinski definition) is 1. The van der Waals surface area contributed by atoms with Gasteiger partial charge < -0.3 is 5.32 Å². The van der Waals surface area contributed by atoms with Crippen molar-refractivity contribution in [2.24, 2.45) is 0 Å². The summed E-state index contributed by atoms with van der Waals surface area (Å²) < 4.78 is 1.88. The van der Waals surface area contributed by atoms with Crippen LogP contribution in [0.4, 0.5) is 5.69 Å². The fourth-order valence-corrected chi connectivity index (χ4v) is 4.84. The van der Waals surface area contributed by atoms with Crippen LogP contribution >= 0.6 is 22.9 Å². The van der Waals surface area contributed by atoms with Gasteiger partial charge in [-0.05, 0) is 37.1 Å². The van der Waals surface area contributed by atoms with Gasteiger partial charge in [-0.15, -0.1) is 0 Å². The Labute approximate surface area is 175 Å². The van der Waals surface area contributed by atoms with Crippen LogP contribution in [0.2, 0.25) is 5.02 Å². The highest BCUT2D eigenvalue weighted by molar-refractivity contribution is 7.16. The first-order valence-corrected chi connectivity index (χ1v) is 10.6. The standard InChI is InChI=1S/C22H15ClN4OS/c23-14-9-7-12(8-10-14)19-18(27-22(25-19)29-21(26-27)13-5-6-13)11-16-15-3-1-2-4-17(15)24-20(16)28/h1-4,7-11,13H,5-6H2,(H,24,28)/b16-11+. The molecule has 4 aromatic rings. The molecule has 1 N–H and O–H groups in total. The molecule has 1 fully saturated rings. The van der Waals surface area contributed by atoms with Crippen LogP contribution in [0.15, 0.2) is 48.5 Å². The lowest BCUT2D eigenvalue weighted by molar-refractivity contribution is -0.110. The van der Waals surface area contributed by atoms with E-state index in [1.165, 1.54) is 12.8 Å². The Morgan fingerprint density at radius 3 is 2.72 bits per heavy atom. The number of carbonyl (C=O) groups is 1. The second-order valence-corrected chi connectivity index (χ2v) is 8.74. The van der Waals surface area contributed by atoms with Crippen LogP contribution in [0.3, 0.4) is 0 Å². The maximum absolute atomic E-state index is 12.7. The monoisotopic (exact) mass is 418 g/mol. The summed E-state index contributed by atoms with van der Waals surface area (Å²) in [4.78, 5) is 18.4. The molecule has 1 amide bonds. The van der Waals surface area contributed by atoms with Crippen LogP contribution in [0.5, 0.6) is 0 Å². The van der Waals surface area contributed by atoms with Gasteiger partial charge in [-0.3, -0.25) is 4.79 Å². The van der Waals surface area contributed by atoms with Crippen molar-refractivity contribution in [2.75, 3.05) is 5.32 Å². The van der Waals surface area contributed by atoms with Crippen molar-refractivity contribution in [1.82, 2.24) is 14.6 Å². The van der Waals surface area contributed by atoms with E-state index in [2.05, 4.69) is 5.32 Å². The lowest BCUT2D eigenvalue weighted by atomic mass is 10.0. The number of aromatic nitrogens is 3. The van der Waals surface area contributed by atoms with E-state index in [1.54, 1.807) is 11.3 Å². The van der Waals surface area contributed by atoms with Gasteiger partial charge in [-0.25, -0.2) is 9.50 Å². The van der Waals surface area contributed by atoms with E-state index < -0.39 is 0 Å².